The lowest BCUT2D eigenvalue weighted by Gasteiger charge is -2.26. The zero-order valence-corrected chi connectivity index (χ0v) is 16.6. The smallest absolute Gasteiger partial charge is 0.248 e. The molecule has 1 aromatic heterocycles. The van der Waals surface area contributed by atoms with Crippen LogP contribution in [0.2, 0.25) is 0 Å². The van der Waals surface area contributed by atoms with Crippen LogP contribution >= 0.6 is 0 Å². The maximum atomic E-state index is 12.4. The molecule has 152 valence electrons. The van der Waals surface area contributed by atoms with Crippen molar-refractivity contribution < 1.29 is 19.1 Å². The van der Waals surface area contributed by atoms with Gasteiger partial charge in [0.2, 0.25) is 5.91 Å². The molecule has 30 heavy (non-hydrogen) atoms. The van der Waals surface area contributed by atoms with Crippen LogP contribution in [0.5, 0.6) is 11.5 Å². The van der Waals surface area contributed by atoms with Crippen molar-refractivity contribution in [3.05, 3.63) is 89.2 Å². The number of nitrogens with two attached hydrogens (primary N) is 1. The van der Waals surface area contributed by atoms with Crippen molar-refractivity contribution in [2.45, 2.75) is 32.0 Å². The van der Waals surface area contributed by atoms with Crippen LogP contribution in [0.1, 0.15) is 57.7 Å². The molecular weight excluding hydrogens is 380 g/mol. The van der Waals surface area contributed by atoms with Gasteiger partial charge in [-0.3, -0.25) is 14.6 Å². The number of benzene rings is 2. The van der Waals surface area contributed by atoms with Crippen molar-refractivity contribution in [3.63, 3.8) is 0 Å². The summed E-state index contributed by atoms with van der Waals surface area (Å²) in [6, 6.07) is 16.0. The van der Waals surface area contributed by atoms with Crippen LogP contribution in [0.15, 0.2) is 67.0 Å². The highest BCUT2D eigenvalue weighted by molar-refractivity contribution is 6.00. The first-order valence-electron chi connectivity index (χ1n) is 9.85. The van der Waals surface area contributed by atoms with Gasteiger partial charge >= 0.3 is 0 Å². The van der Waals surface area contributed by atoms with E-state index in [1.54, 1.807) is 42.7 Å². The zero-order chi connectivity index (χ0) is 21.1. The number of nitrogens with zero attached hydrogens (tertiary/aromatic N) is 1. The minimum Gasteiger partial charge on any atom is -0.489 e. The van der Waals surface area contributed by atoms with E-state index in [4.69, 9.17) is 15.2 Å². The molecule has 0 saturated carbocycles. The van der Waals surface area contributed by atoms with E-state index in [2.05, 4.69) is 4.98 Å². The molecule has 2 atom stereocenters. The van der Waals surface area contributed by atoms with Gasteiger partial charge in [-0.25, -0.2) is 0 Å². The van der Waals surface area contributed by atoms with Gasteiger partial charge in [0.15, 0.2) is 5.78 Å². The van der Waals surface area contributed by atoms with Gasteiger partial charge in [0.25, 0.3) is 0 Å². The minimum absolute atomic E-state index is 0.0855. The molecule has 3 aromatic rings. The normalized spacial score (nSPS) is 16.3. The topological polar surface area (TPSA) is 91.5 Å². The van der Waals surface area contributed by atoms with E-state index < -0.39 is 12.0 Å². The van der Waals surface area contributed by atoms with Crippen LogP contribution in [0.3, 0.4) is 0 Å². The maximum absolute atomic E-state index is 12.4. The largest absolute Gasteiger partial charge is 0.489 e. The lowest BCUT2D eigenvalue weighted by Crippen LogP contribution is -2.26. The average Bonchev–Trinajstić information content (AvgIpc) is 2.77. The minimum atomic E-state index is -0.482. The Morgan fingerprint density at radius 3 is 2.50 bits per heavy atom. The first-order valence-corrected chi connectivity index (χ1v) is 9.85. The number of hydrogen-bond donors (Lipinski definition) is 1. The molecule has 2 N–H and O–H groups in total. The molecule has 6 nitrogen and oxygen atoms in total. The summed E-state index contributed by atoms with van der Waals surface area (Å²) in [6.07, 6.45) is 4.01. The molecule has 4 rings (SSSR count). The number of ether oxygens (including phenoxy) is 2. The molecule has 1 unspecified atom stereocenters. The summed E-state index contributed by atoms with van der Waals surface area (Å²) in [5.41, 5.74) is 8.12. The highest BCUT2D eigenvalue weighted by Gasteiger charge is 2.26. The van der Waals surface area contributed by atoms with Gasteiger partial charge in [-0.15, -0.1) is 0 Å². The predicted molar refractivity (Wildman–Crippen MR) is 112 cm³/mol. The van der Waals surface area contributed by atoms with Crippen molar-refractivity contribution in [1.82, 2.24) is 4.98 Å². The van der Waals surface area contributed by atoms with E-state index in [1.807, 2.05) is 31.2 Å². The molecule has 1 aliphatic heterocycles. The summed E-state index contributed by atoms with van der Waals surface area (Å²) in [5, 5.41) is 0. The molecule has 0 radical (unpaired) electrons. The lowest BCUT2D eigenvalue weighted by atomic mass is 9.99. The number of carbonyl (C=O) groups is 2. The molecule has 0 fully saturated rings. The van der Waals surface area contributed by atoms with E-state index in [9.17, 15) is 9.59 Å². The number of pyridine rings is 1. The quantitative estimate of drug-likeness (QED) is 0.670. The maximum Gasteiger partial charge on any atom is 0.248 e. The van der Waals surface area contributed by atoms with Crippen LogP contribution in [-0.2, 0) is 0 Å². The number of aromatic nitrogens is 1. The number of ketones is 1. The summed E-state index contributed by atoms with van der Waals surface area (Å²) < 4.78 is 12.3. The molecule has 2 aromatic carbocycles. The van der Waals surface area contributed by atoms with Gasteiger partial charge < -0.3 is 15.2 Å². The van der Waals surface area contributed by atoms with Gasteiger partial charge in [-0.1, -0.05) is 19.1 Å². The number of Topliss-reactive ketones (excluding diaryl/α,β-unsaturated/α-hetero) is 1. The second-order valence-corrected chi connectivity index (χ2v) is 7.20. The number of primary amides is 1. The fraction of sp³-hybridized carbons (Fsp3) is 0.208. The van der Waals surface area contributed by atoms with E-state index in [1.165, 1.54) is 0 Å². The number of amides is 1. The third-order valence-electron chi connectivity index (χ3n) is 5.18. The summed E-state index contributed by atoms with van der Waals surface area (Å²) in [7, 11) is 0. The molecule has 0 aliphatic carbocycles. The Morgan fingerprint density at radius 1 is 1.13 bits per heavy atom. The van der Waals surface area contributed by atoms with Crippen LogP contribution in [-0.4, -0.2) is 22.8 Å². The SMILES string of the molecule is CC[C@H]1CC(=O)c2ccc(OC(c3ccncc3)c3ccc(C(N)=O)cc3)cc2O1. The van der Waals surface area contributed by atoms with Crippen LogP contribution in [0.4, 0.5) is 0 Å². The molecule has 6 heteroatoms. The van der Waals surface area contributed by atoms with Crippen LogP contribution in [0, 0.1) is 0 Å². The van der Waals surface area contributed by atoms with Gasteiger partial charge in [-0.05, 0) is 53.9 Å². The molecule has 0 bridgehead atoms. The fourth-order valence-electron chi connectivity index (χ4n) is 3.49. The van der Waals surface area contributed by atoms with E-state index in [0.717, 1.165) is 17.5 Å². The molecule has 0 spiro atoms. The lowest BCUT2D eigenvalue weighted by molar-refractivity contribution is 0.0844. The number of rotatable bonds is 6. The van der Waals surface area contributed by atoms with Crippen LogP contribution < -0.4 is 15.2 Å². The highest BCUT2D eigenvalue weighted by atomic mass is 16.5. The van der Waals surface area contributed by atoms with E-state index in [-0.39, 0.29) is 11.9 Å². The third kappa shape index (κ3) is 4.03. The van der Waals surface area contributed by atoms with Crippen molar-refractivity contribution in [2.75, 3.05) is 0 Å². The van der Waals surface area contributed by atoms with Crippen molar-refractivity contribution >= 4 is 11.7 Å². The molecule has 1 aliphatic rings. The standard InChI is InChI=1S/C24H22N2O4/c1-2-18-13-21(27)20-8-7-19(14-22(20)29-18)30-23(16-9-11-26-12-10-16)15-3-5-17(6-4-15)24(25)28/h3-12,14,18,23H,2,13H2,1H3,(H2,25,28)/t18-,23?/m0/s1. The Labute approximate surface area is 174 Å². The van der Waals surface area contributed by atoms with Gasteiger partial charge in [0, 0.05) is 30.4 Å². The van der Waals surface area contributed by atoms with Gasteiger partial charge in [0.05, 0.1) is 5.56 Å². The van der Waals surface area contributed by atoms with E-state index >= 15 is 0 Å². The molecule has 2 heterocycles. The Morgan fingerprint density at radius 2 is 1.83 bits per heavy atom. The number of carbonyl (C=O) groups excluding carboxylic acids is 2. The fourth-order valence-corrected chi connectivity index (χ4v) is 3.49. The Hall–Kier alpha value is -3.67. The van der Waals surface area contributed by atoms with Gasteiger partial charge in [0.1, 0.15) is 23.7 Å². The first kappa shape index (κ1) is 19.6. The monoisotopic (exact) mass is 402 g/mol. The molecule has 0 saturated heterocycles. The second kappa shape index (κ2) is 8.37. The summed E-state index contributed by atoms with van der Waals surface area (Å²) in [4.78, 5) is 27.8. The molecular formula is C24H22N2O4. The van der Waals surface area contributed by atoms with Crippen molar-refractivity contribution in [3.8, 4) is 11.5 Å². The number of fused-ring (bicyclic) bond motifs is 1. The van der Waals surface area contributed by atoms with Crippen LogP contribution in [0.25, 0.3) is 0 Å². The second-order valence-electron chi connectivity index (χ2n) is 7.20. The predicted octanol–water partition coefficient (Wildman–Crippen LogP) is 4.09. The van der Waals surface area contributed by atoms with E-state index in [0.29, 0.717) is 29.0 Å². The Balaban J connectivity index is 1.67. The summed E-state index contributed by atoms with van der Waals surface area (Å²) in [6.45, 7) is 2.00. The summed E-state index contributed by atoms with van der Waals surface area (Å²) >= 11 is 0. The highest BCUT2D eigenvalue weighted by Crippen LogP contribution is 2.35. The summed E-state index contributed by atoms with van der Waals surface area (Å²) in [5.74, 6) is 0.736. The Bertz CT molecular complexity index is 1060. The Kier molecular flexibility index (Phi) is 5.48. The average molecular weight is 402 g/mol. The van der Waals surface area contributed by atoms with Gasteiger partial charge in [-0.2, -0.15) is 0 Å². The van der Waals surface area contributed by atoms with Crippen molar-refractivity contribution in [2.24, 2.45) is 5.73 Å². The first-order chi connectivity index (χ1) is 14.5. The zero-order valence-electron chi connectivity index (χ0n) is 16.6. The van der Waals surface area contributed by atoms with Crippen molar-refractivity contribution in [1.29, 1.82) is 0 Å². The molecule has 1 amide bonds. The number of hydrogen-bond acceptors (Lipinski definition) is 5. The third-order valence-corrected chi connectivity index (χ3v) is 5.18.